The zero-order valence-corrected chi connectivity index (χ0v) is 17.5. The molecule has 0 radical (unpaired) electrons. The number of hydrazone groups is 1. The molecule has 3 rings (SSSR count). The maximum atomic E-state index is 12.2. The number of ether oxygens (including phenoxy) is 3. The van der Waals surface area contributed by atoms with E-state index in [1.165, 1.54) is 30.5 Å². The molecular formula is C23H19N3O7. The van der Waals surface area contributed by atoms with E-state index in [0.29, 0.717) is 28.4 Å². The van der Waals surface area contributed by atoms with Gasteiger partial charge in [0.05, 0.1) is 23.8 Å². The number of hydrogen-bond donors (Lipinski definition) is 1. The summed E-state index contributed by atoms with van der Waals surface area (Å²) in [7, 11) is 1.54. The summed E-state index contributed by atoms with van der Waals surface area (Å²) >= 11 is 0. The highest BCUT2D eigenvalue weighted by Crippen LogP contribution is 2.17. The van der Waals surface area contributed by atoms with Crippen LogP contribution in [0.4, 0.5) is 5.69 Å². The van der Waals surface area contributed by atoms with E-state index < -0.39 is 16.8 Å². The first-order valence-electron chi connectivity index (χ1n) is 9.60. The van der Waals surface area contributed by atoms with Crippen LogP contribution in [0, 0.1) is 10.1 Å². The first kappa shape index (κ1) is 22.9. The quantitative estimate of drug-likeness (QED) is 0.174. The molecule has 0 fully saturated rings. The van der Waals surface area contributed by atoms with Gasteiger partial charge < -0.3 is 14.2 Å². The van der Waals surface area contributed by atoms with Crippen molar-refractivity contribution in [1.82, 2.24) is 5.43 Å². The number of hydrogen-bond acceptors (Lipinski definition) is 8. The molecule has 0 bridgehead atoms. The molecular weight excluding hydrogens is 430 g/mol. The van der Waals surface area contributed by atoms with Crippen LogP contribution in [-0.2, 0) is 4.79 Å². The van der Waals surface area contributed by atoms with Crippen molar-refractivity contribution < 1.29 is 28.7 Å². The lowest BCUT2D eigenvalue weighted by atomic mass is 10.2. The molecule has 1 N–H and O–H groups in total. The molecule has 0 aromatic heterocycles. The lowest BCUT2D eigenvalue weighted by molar-refractivity contribution is -0.384. The normalized spacial score (nSPS) is 10.5. The van der Waals surface area contributed by atoms with Crippen LogP contribution in [0.25, 0.3) is 0 Å². The van der Waals surface area contributed by atoms with Gasteiger partial charge in [-0.25, -0.2) is 10.2 Å². The van der Waals surface area contributed by atoms with Gasteiger partial charge in [0.2, 0.25) is 0 Å². The summed E-state index contributed by atoms with van der Waals surface area (Å²) in [5.41, 5.74) is 3.29. The van der Waals surface area contributed by atoms with Gasteiger partial charge in [-0.2, -0.15) is 5.10 Å². The molecule has 0 aliphatic rings. The Bertz CT molecular complexity index is 1140. The molecule has 33 heavy (non-hydrogen) atoms. The first-order chi connectivity index (χ1) is 15.9. The Morgan fingerprint density at radius 2 is 1.55 bits per heavy atom. The molecule has 0 aliphatic carbocycles. The second-order valence-electron chi connectivity index (χ2n) is 6.52. The van der Waals surface area contributed by atoms with E-state index >= 15 is 0 Å². The average Bonchev–Trinajstić information content (AvgIpc) is 2.84. The lowest BCUT2D eigenvalue weighted by Crippen LogP contribution is -2.24. The molecule has 0 spiro atoms. The van der Waals surface area contributed by atoms with Gasteiger partial charge in [0.1, 0.15) is 17.2 Å². The van der Waals surface area contributed by atoms with Crippen LogP contribution >= 0.6 is 0 Å². The minimum atomic E-state index is -0.525. The summed E-state index contributed by atoms with van der Waals surface area (Å²) in [6.07, 6.45) is 1.42. The third-order valence-electron chi connectivity index (χ3n) is 4.24. The fourth-order valence-corrected chi connectivity index (χ4v) is 2.54. The number of carbonyl (C=O) groups is 2. The zero-order valence-electron chi connectivity index (χ0n) is 17.5. The summed E-state index contributed by atoms with van der Waals surface area (Å²) in [4.78, 5) is 34.1. The summed E-state index contributed by atoms with van der Waals surface area (Å²) < 4.78 is 15.6. The van der Waals surface area contributed by atoms with Gasteiger partial charge in [0.15, 0.2) is 6.61 Å². The molecule has 3 aromatic carbocycles. The standard InChI is InChI=1S/C23H19N3O7/c1-31-19-10-4-17(5-11-19)23(28)33-21-8-2-16(3-9-21)14-24-25-22(27)15-32-20-12-6-18(7-13-20)26(29)30/h2-14H,15H2,1H3,(H,25,27). The number of nitrogens with one attached hydrogen (secondary N) is 1. The maximum absolute atomic E-state index is 12.2. The van der Waals surface area contributed by atoms with Crippen LogP contribution in [0.2, 0.25) is 0 Å². The van der Waals surface area contributed by atoms with E-state index in [9.17, 15) is 19.7 Å². The Labute approximate surface area is 188 Å². The topological polar surface area (TPSA) is 129 Å². The number of rotatable bonds is 9. The smallest absolute Gasteiger partial charge is 0.343 e. The van der Waals surface area contributed by atoms with Gasteiger partial charge >= 0.3 is 5.97 Å². The van der Waals surface area contributed by atoms with Crippen molar-refractivity contribution in [3.63, 3.8) is 0 Å². The first-order valence-corrected chi connectivity index (χ1v) is 9.60. The molecule has 0 unspecified atom stereocenters. The monoisotopic (exact) mass is 449 g/mol. The number of nitro groups is 1. The Morgan fingerprint density at radius 3 is 2.15 bits per heavy atom. The molecule has 168 valence electrons. The van der Waals surface area contributed by atoms with Crippen molar-refractivity contribution in [2.75, 3.05) is 13.7 Å². The van der Waals surface area contributed by atoms with E-state index in [4.69, 9.17) is 14.2 Å². The Morgan fingerprint density at radius 1 is 0.939 bits per heavy atom. The van der Waals surface area contributed by atoms with E-state index in [1.54, 1.807) is 55.6 Å². The second kappa shape index (κ2) is 11.0. The van der Waals surface area contributed by atoms with Crippen LogP contribution in [0.15, 0.2) is 77.9 Å². The number of esters is 1. The lowest BCUT2D eigenvalue weighted by Gasteiger charge is -2.06. The summed E-state index contributed by atoms with van der Waals surface area (Å²) in [6.45, 7) is -0.310. The fraction of sp³-hybridized carbons (Fsp3) is 0.0870. The number of nitro benzene ring substituents is 1. The van der Waals surface area contributed by atoms with Crippen molar-refractivity contribution in [3.05, 3.63) is 94.0 Å². The minimum Gasteiger partial charge on any atom is -0.497 e. The third kappa shape index (κ3) is 6.89. The van der Waals surface area contributed by atoms with E-state index in [0.717, 1.165) is 0 Å². The molecule has 0 heterocycles. The van der Waals surface area contributed by atoms with Crippen molar-refractivity contribution in [3.8, 4) is 17.2 Å². The van der Waals surface area contributed by atoms with Crippen LogP contribution < -0.4 is 19.6 Å². The SMILES string of the molecule is COc1ccc(C(=O)Oc2ccc(C=NNC(=O)COc3ccc([N+](=O)[O-])cc3)cc2)cc1. The predicted octanol–water partition coefficient (Wildman–Crippen LogP) is 3.35. The van der Waals surface area contributed by atoms with Crippen LogP contribution in [0.1, 0.15) is 15.9 Å². The highest BCUT2D eigenvalue weighted by molar-refractivity contribution is 5.91. The minimum absolute atomic E-state index is 0.0714. The van der Waals surface area contributed by atoms with Gasteiger partial charge in [-0.15, -0.1) is 0 Å². The summed E-state index contributed by atoms with van der Waals surface area (Å²) in [5, 5.41) is 14.4. The van der Waals surface area contributed by atoms with Crippen molar-refractivity contribution >= 4 is 23.8 Å². The molecule has 0 saturated heterocycles. The summed E-state index contributed by atoms with van der Waals surface area (Å²) in [6, 6.07) is 18.4. The number of methoxy groups -OCH3 is 1. The highest BCUT2D eigenvalue weighted by atomic mass is 16.6. The van der Waals surface area contributed by atoms with Crippen molar-refractivity contribution in [1.29, 1.82) is 0 Å². The molecule has 0 atom stereocenters. The second-order valence-corrected chi connectivity index (χ2v) is 6.52. The van der Waals surface area contributed by atoms with Gasteiger partial charge in [0.25, 0.3) is 11.6 Å². The van der Waals surface area contributed by atoms with Gasteiger partial charge in [-0.3, -0.25) is 14.9 Å². The maximum Gasteiger partial charge on any atom is 0.343 e. The number of nitrogens with zero attached hydrogens (tertiary/aromatic N) is 2. The van der Waals surface area contributed by atoms with Gasteiger partial charge in [0, 0.05) is 12.1 Å². The van der Waals surface area contributed by atoms with E-state index in [-0.39, 0.29) is 12.3 Å². The zero-order chi connectivity index (χ0) is 23.6. The predicted molar refractivity (Wildman–Crippen MR) is 119 cm³/mol. The van der Waals surface area contributed by atoms with E-state index in [2.05, 4.69) is 10.5 Å². The number of carbonyl (C=O) groups excluding carboxylic acids is 2. The van der Waals surface area contributed by atoms with Gasteiger partial charge in [-0.1, -0.05) is 0 Å². The van der Waals surface area contributed by atoms with Crippen molar-refractivity contribution in [2.24, 2.45) is 5.10 Å². The van der Waals surface area contributed by atoms with Gasteiger partial charge in [-0.05, 0) is 66.2 Å². The Balaban J connectivity index is 1.44. The van der Waals surface area contributed by atoms with Crippen LogP contribution in [0.5, 0.6) is 17.2 Å². The summed E-state index contributed by atoms with van der Waals surface area (Å²) in [5.74, 6) is 0.308. The van der Waals surface area contributed by atoms with E-state index in [1.807, 2.05) is 0 Å². The highest BCUT2D eigenvalue weighted by Gasteiger charge is 2.09. The Kier molecular flexibility index (Phi) is 7.68. The molecule has 10 heteroatoms. The van der Waals surface area contributed by atoms with Crippen LogP contribution in [0.3, 0.4) is 0 Å². The molecule has 0 saturated carbocycles. The molecule has 10 nitrogen and oxygen atoms in total. The molecule has 3 aromatic rings. The fourth-order valence-electron chi connectivity index (χ4n) is 2.54. The third-order valence-corrected chi connectivity index (χ3v) is 4.24. The van der Waals surface area contributed by atoms with Crippen molar-refractivity contribution in [2.45, 2.75) is 0 Å². The largest absolute Gasteiger partial charge is 0.497 e. The molecule has 1 amide bonds. The van der Waals surface area contributed by atoms with Crippen LogP contribution in [-0.4, -0.2) is 36.7 Å². The number of non-ortho nitro benzene ring substituents is 1. The number of benzene rings is 3. The number of amides is 1. The molecule has 0 aliphatic heterocycles. The average molecular weight is 449 g/mol. The Hall–Kier alpha value is -4.73.